The van der Waals surface area contributed by atoms with E-state index in [0.29, 0.717) is 12.3 Å². The average Bonchev–Trinajstić information content (AvgIpc) is 2.69. The number of nitrogens with zero attached hydrogens (tertiary/aromatic N) is 1. The predicted octanol–water partition coefficient (Wildman–Crippen LogP) is 1.92. The molecule has 2 rings (SSSR count). The van der Waals surface area contributed by atoms with Gasteiger partial charge < -0.3 is 10.1 Å². The third-order valence-corrected chi connectivity index (χ3v) is 4.13. The van der Waals surface area contributed by atoms with Crippen molar-refractivity contribution in [3.05, 3.63) is 24.3 Å². The second kappa shape index (κ2) is 6.62. The Morgan fingerprint density at radius 1 is 1.43 bits per heavy atom. The highest BCUT2D eigenvalue weighted by Crippen LogP contribution is 2.27. The molecule has 0 bridgehead atoms. The van der Waals surface area contributed by atoms with Gasteiger partial charge in [-0.05, 0) is 31.2 Å². The molecule has 2 amide bonds. The molecule has 112 valence electrons. The van der Waals surface area contributed by atoms with Crippen LogP contribution in [0, 0.1) is 5.41 Å². The number of hydrogen-bond donors (Lipinski definition) is 2. The molecule has 0 radical (unpaired) electrons. The molecule has 1 atom stereocenters. The maximum atomic E-state index is 11.9. The van der Waals surface area contributed by atoms with E-state index < -0.39 is 5.25 Å². The van der Waals surface area contributed by atoms with Gasteiger partial charge in [0.1, 0.15) is 11.0 Å². The van der Waals surface area contributed by atoms with Crippen molar-refractivity contribution in [3.63, 3.8) is 0 Å². The molecule has 0 spiro atoms. The van der Waals surface area contributed by atoms with E-state index in [2.05, 4.69) is 5.32 Å². The summed E-state index contributed by atoms with van der Waals surface area (Å²) < 4.78 is 5.32. The summed E-state index contributed by atoms with van der Waals surface area (Å²) in [6.07, 6.45) is 0.0590. The summed E-state index contributed by atoms with van der Waals surface area (Å²) >= 11 is 1.11. The lowest BCUT2D eigenvalue weighted by Gasteiger charge is -2.09. The molecule has 0 saturated carbocycles. The van der Waals surface area contributed by atoms with E-state index in [0.717, 1.165) is 17.5 Å². The number of hydrogen-bond acceptors (Lipinski definition) is 5. The number of thioether (sulfide) groups is 1. The summed E-state index contributed by atoms with van der Waals surface area (Å²) in [7, 11) is 1.54. The molecule has 1 aliphatic rings. The van der Waals surface area contributed by atoms with E-state index >= 15 is 0 Å². The molecule has 1 heterocycles. The van der Waals surface area contributed by atoms with E-state index in [1.54, 1.807) is 31.3 Å². The van der Waals surface area contributed by atoms with Gasteiger partial charge in [0.05, 0.1) is 6.61 Å². The fourth-order valence-corrected chi connectivity index (χ4v) is 2.90. The second-order valence-corrected chi connectivity index (χ2v) is 5.71. The SMILES string of the molecule is CCOc1ccc(NC(=O)CC2SC(=N)N(C)C2=O)cc1. The Hall–Kier alpha value is -2.02. The van der Waals surface area contributed by atoms with E-state index in [1.165, 1.54) is 4.90 Å². The zero-order valence-electron chi connectivity index (χ0n) is 11.9. The van der Waals surface area contributed by atoms with Gasteiger partial charge in [-0.15, -0.1) is 0 Å². The number of benzene rings is 1. The van der Waals surface area contributed by atoms with Crippen molar-refractivity contribution >= 4 is 34.4 Å². The number of amidine groups is 1. The largest absolute Gasteiger partial charge is 0.494 e. The quantitative estimate of drug-likeness (QED) is 0.870. The summed E-state index contributed by atoms with van der Waals surface area (Å²) in [5.41, 5.74) is 0.655. The summed E-state index contributed by atoms with van der Waals surface area (Å²) in [4.78, 5) is 25.0. The van der Waals surface area contributed by atoms with Crippen molar-refractivity contribution < 1.29 is 14.3 Å². The molecular weight excluding hydrogens is 290 g/mol. The molecular formula is C14H17N3O3S. The van der Waals surface area contributed by atoms with Crippen LogP contribution in [0.1, 0.15) is 13.3 Å². The van der Waals surface area contributed by atoms with E-state index in [-0.39, 0.29) is 23.4 Å². The molecule has 1 saturated heterocycles. The van der Waals surface area contributed by atoms with Gasteiger partial charge in [0.15, 0.2) is 5.17 Å². The Balaban J connectivity index is 1.90. The van der Waals surface area contributed by atoms with Crippen LogP contribution in [0.15, 0.2) is 24.3 Å². The number of anilines is 1. The Morgan fingerprint density at radius 3 is 2.62 bits per heavy atom. The molecule has 0 aromatic heterocycles. The highest BCUT2D eigenvalue weighted by atomic mass is 32.2. The van der Waals surface area contributed by atoms with Crippen LogP contribution in [0.5, 0.6) is 5.75 Å². The Bertz CT molecular complexity index is 559. The number of carbonyl (C=O) groups excluding carboxylic acids is 2. The maximum absolute atomic E-state index is 11.9. The third kappa shape index (κ3) is 3.75. The Morgan fingerprint density at radius 2 is 2.10 bits per heavy atom. The normalized spacial score (nSPS) is 18.0. The third-order valence-electron chi connectivity index (χ3n) is 2.98. The van der Waals surface area contributed by atoms with Crippen LogP contribution in [-0.2, 0) is 9.59 Å². The van der Waals surface area contributed by atoms with Gasteiger partial charge in [-0.2, -0.15) is 0 Å². The van der Waals surface area contributed by atoms with Crippen molar-refractivity contribution in [2.45, 2.75) is 18.6 Å². The molecule has 7 heteroatoms. The monoisotopic (exact) mass is 307 g/mol. The number of nitrogens with one attached hydrogen (secondary N) is 2. The average molecular weight is 307 g/mol. The summed E-state index contributed by atoms with van der Waals surface area (Å²) in [6.45, 7) is 2.49. The van der Waals surface area contributed by atoms with Crippen LogP contribution in [0.4, 0.5) is 5.69 Å². The second-order valence-electron chi connectivity index (χ2n) is 4.52. The van der Waals surface area contributed by atoms with Gasteiger partial charge in [-0.1, -0.05) is 11.8 Å². The minimum Gasteiger partial charge on any atom is -0.494 e. The summed E-state index contributed by atoms with van der Waals surface area (Å²) in [5, 5.41) is 9.98. The smallest absolute Gasteiger partial charge is 0.242 e. The van der Waals surface area contributed by atoms with E-state index in [1.807, 2.05) is 6.92 Å². The van der Waals surface area contributed by atoms with Crippen molar-refractivity contribution in [2.75, 3.05) is 19.0 Å². The van der Waals surface area contributed by atoms with Crippen LogP contribution in [0.25, 0.3) is 0 Å². The molecule has 1 aromatic rings. The minimum absolute atomic E-state index is 0.0590. The van der Waals surface area contributed by atoms with Crippen LogP contribution in [0.2, 0.25) is 0 Å². The summed E-state index contributed by atoms with van der Waals surface area (Å²) in [5.74, 6) is 0.298. The first-order chi connectivity index (χ1) is 10.0. The number of carbonyl (C=O) groups is 2. The standard InChI is InChI=1S/C14H17N3O3S/c1-3-20-10-6-4-9(5-7-10)16-12(18)8-11-13(19)17(2)14(15)21-11/h4-7,11,15H,3,8H2,1-2H3,(H,16,18). The zero-order chi connectivity index (χ0) is 15.4. The molecule has 1 aliphatic heterocycles. The molecule has 6 nitrogen and oxygen atoms in total. The van der Waals surface area contributed by atoms with Crippen LogP contribution in [-0.4, -0.2) is 40.8 Å². The lowest BCUT2D eigenvalue weighted by atomic mass is 10.2. The highest BCUT2D eigenvalue weighted by molar-refractivity contribution is 8.15. The predicted molar refractivity (Wildman–Crippen MR) is 82.7 cm³/mol. The Kier molecular flexibility index (Phi) is 4.85. The minimum atomic E-state index is -0.509. The van der Waals surface area contributed by atoms with Gasteiger partial charge in [-0.25, -0.2) is 0 Å². The fraction of sp³-hybridized carbons (Fsp3) is 0.357. The van der Waals surface area contributed by atoms with Crippen LogP contribution < -0.4 is 10.1 Å². The van der Waals surface area contributed by atoms with Gasteiger partial charge in [0.25, 0.3) is 0 Å². The molecule has 1 fully saturated rings. The topological polar surface area (TPSA) is 82.5 Å². The van der Waals surface area contributed by atoms with Crippen molar-refractivity contribution in [2.24, 2.45) is 0 Å². The summed E-state index contributed by atoms with van der Waals surface area (Å²) in [6, 6.07) is 7.05. The van der Waals surface area contributed by atoms with Gasteiger partial charge in [0.2, 0.25) is 11.8 Å². The zero-order valence-corrected chi connectivity index (χ0v) is 12.7. The van der Waals surface area contributed by atoms with Crippen LogP contribution in [0.3, 0.4) is 0 Å². The number of amides is 2. The van der Waals surface area contributed by atoms with Gasteiger partial charge in [-0.3, -0.25) is 19.9 Å². The van der Waals surface area contributed by atoms with Crippen molar-refractivity contribution in [1.82, 2.24) is 4.90 Å². The van der Waals surface area contributed by atoms with E-state index in [9.17, 15) is 9.59 Å². The fourth-order valence-electron chi connectivity index (χ4n) is 1.89. The first-order valence-electron chi connectivity index (χ1n) is 6.56. The molecule has 2 N–H and O–H groups in total. The molecule has 1 unspecified atom stereocenters. The molecule has 1 aromatic carbocycles. The number of rotatable bonds is 5. The van der Waals surface area contributed by atoms with Gasteiger partial charge in [0, 0.05) is 19.2 Å². The number of ether oxygens (including phenoxy) is 1. The maximum Gasteiger partial charge on any atom is 0.242 e. The van der Waals surface area contributed by atoms with Crippen molar-refractivity contribution in [3.8, 4) is 5.75 Å². The van der Waals surface area contributed by atoms with Crippen LogP contribution >= 0.6 is 11.8 Å². The lowest BCUT2D eigenvalue weighted by molar-refractivity contribution is -0.127. The Labute approximate surface area is 127 Å². The van der Waals surface area contributed by atoms with Gasteiger partial charge >= 0.3 is 0 Å². The first kappa shape index (κ1) is 15.4. The lowest BCUT2D eigenvalue weighted by Crippen LogP contribution is -2.29. The van der Waals surface area contributed by atoms with Crippen molar-refractivity contribution in [1.29, 1.82) is 5.41 Å². The molecule has 21 heavy (non-hydrogen) atoms. The van der Waals surface area contributed by atoms with E-state index in [4.69, 9.17) is 10.1 Å². The molecule has 0 aliphatic carbocycles. The first-order valence-corrected chi connectivity index (χ1v) is 7.44. The highest BCUT2D eigenvalue weighted by Gasteiger charge is 2.35.